The van der Waals surface area contributed by atoms with Crippen molar-refractivity contribution in [3.05, 3.63) is 65.7 Å². The quantitative estimate of drug-likeness (QED) is 0.333. The van der Waals surface area contributed by atoms with E-state index < -0.39 is 42.1 Å². The van der Waals surface area contributed by atoms with Gasteiger partial charge >= 0.3 is 23.9 Å². The fourth-order valence-electron chi connectivity index (χ4n) is 2.79. The number of hydrogen-bond donors (Lipinski definition) is 0. The van der Waals surface area contributed by atoms with Crippen LogP contribution in [0.25, 0.3) is 0 Å². The van der Waals surface area contributed by atoms with Gasteiger partial charge in [0.2, 0.25) is 0 Å². The van der Waals surface area contributed by atoms with Gasteiger partial charge in [0.15, 0.2) is 5.78 Å². The lowest BCUT2D eigenvalue weighted by Gasteiger charge is -2.35. The molecule has 11 heteroatoms. The van der Waals surface area contributed by atoms with Gasteiger partial charge in [-0.25, -0.2) is 0 Å². The molecule has 0 heterocycles. The highest BCUT2D eigenvalue weighted by molar-refractivity contribution is 6.01. The Morgan fingerprint density at radius 3 is 1.77 bits per heavy atom. The largest absolute Gasteiger partial charge is 0.497 e. The van der Waals surface area contributed by atoms with Crippen molar-refractivity contribution in [2.45, 2.75) is 36.3 Å². The number of halogens is 9. The van der Waals surface area contributed by atoms with Crippen molar-refractivity contribution in [3.63, 3.8) is 0 Å². The number of ketones is 1. The Balaban J connectivity index is 2.52. The minimum atomic E-state index is -7.02. The van der Waals surface area contributed by atoms with E-state index in [2.05, 4.69) is 0 Å². The topological polar surface area (TPSA) is 26.3 Å². The molecule has 2 aromatic carbocycles. The monoisotopic (exact) mass is 458 g/mol. The zero-order valence-corrected chi connectivity index (χ0v) is 15.7. The fourth-order valence-corrected chi connectivity index (χ4v) is 2.79. The maximum Gasteiger partial charge on any atom is 0.460 e. The first-order valence-electron chi connectivity index (χ1n) is 8.59. The molecule has 1 atom stereocenters. The van der Waals surface area contributed by atoms with Gasteiger partial charge in [0.1, 0.15) is 5.75 Å². The van der Waals surface area contributed by atoms with Crippen LogP contribution < -0.4 is 4.74 Å². The van der Waals surface area contributed by atoms with E-state index in [0.717, 1.165) is 12.1 Å². The second-order valence-electron chi connectivity index (χ2n) is 6.61. The van der Waals surface area contributed by atoms with Crippen LogP contribution in [0.5, 0.6) is 5.75 Å². The van der Waals surface area contributed by atoms with Gasteiger partial charge in [-0.2, -0.15) is 39.5 Å². The van der Waals surface area contributed by atoms with Crippen LogP contribution >= 0.6 is 0 Å². The standard InChI is InChI=1S/C20H15F9O2/c1-31-14-9-7-12(8-10-14)15(16(30)13-5-3-2-4-6-13)11-17(21,22)18(23,24)19(25,26)20(27,28)29/h2-10,15H,11H2,1H3. The maximum atomic E-state index is 14.3. The van der Waals surface area contributed by atoms with Gasteiger partial charge in [0.05, 0.1) is 13.0 Å². The summed E-state index contributed by atoms with van der Waals surface area (Å²) in [5.41, 5.74) is -0.509. The van der Waals surface area contributed by atoms with Gasteiger partial charge in [-0.3, -0.25) is 4.79 Å². The molecule has 0 spiro atoms. The summed E-state index contributed by atoms with van der Waals surface area (Å²) in [4.78, 5) is 12.7. The number of ether oxygens (including phenoxy) is 1. The van der Waals surface area contributed by atoms with Crippen molar-refractivity contribution in [2.75, 3.05) is 7.11 Å². The first-order valence-corrected chi connectivity index (χ1v) is 8.59. The number of carbonyl (C=O) groups excluding carboxylic acids is 1. The van der Waals surface area contributed by atoms with Crippen molar-refractivity contribution < 1.29 is 49.0 Å². The van der Waals surface area contributed by atoms with Crippen molar-refractivity contribution in [1.82, 2.24) is 0 Å². The molecule has 0 saturated carbocycles. The van der Waals surface area contributed by atoms with E-state index in [9.17, 15) is 44.3 Å². The Kier molecular flexibility index (Phi) is 6.67. The molecule has 0 fully saturated rings. The minimum Gasteiger partial charge on any atom is -0.497 e. The van der Waals surface area contributed by atoms with Crippen LogP contribution in [0.1, 0.15) is 28.3 Å². The van der Waals surface area contributed by atoms with Gasteiger partial charge in [-0.1, -0.05) is 42.5 Å². The molecule has 0 aliphatic carbocycles. The van der Waals surface area contributed by atoms with E-state index in [1.54, 1.807) is 0 Å². The summed E-state index contributed by atoms with van der Waals surface area (Å²) in [5.74, 6) is -22.8. The molecule has 2 rings (SSSR count). The lowest BCUT2D eigenvalue weighted by atomic mass is 9.83. The van der Waals surface area contributed by atoms with E-state index in [0.29, 0.717) is 0 Å². The molecule has 2 nitrogen and oxygen atoms in total. The van der Waals surface area contributed by atoms with E-state index in [1.165, 1.54) is 49.6 Å². The predicted molar refractivity (Wildman–Crippen MR) is 92.0 cm³/mol. The molecule has 1 unspecified atom stereocenters. The van der Waals surface area contributed by atoms with E-state index in [1.807, 2.05) is 0 Å². The third kappa shape index (κ3) is 4.64. The molecule has 0 aliphatic rings. The van der Waals surface area contributed by atoms with Gasteiger partial charge in [0, 0.05) is 12.0 Å². The Labute approximate surface area is 170 Å². The van der Waals surface area contributed by atoms with Crippen molar-refractivity contribution >= 4 is 5.78 Å². The van der Waals surface area contributed by atoms with Crippen molar-refractivity contribution in [2.24, 2.45) is 0 Å². The summed E-state index contributed by atoms with van der Waals surface area (Å²) >= 11 is 0. The molecule has 31 heavy (non-hydrogen) atoms. The molecule has 0 radical (unpaired) electrons. The van der Waals surface area contributed by atoms with Gasteiger partial charge in [-0.15, -0.1) is 0 Å². The molecule has 0 N–H and O–H groups in total. The van der Waals surface area contributed by atoms with Crippen LogP contribution in [-0.2, 0) is 0 Å². The van der Waals surface area contributed by atoms with Crippen LogP contribution in [0.15, 0.2) is 54.6 Å². The first kappa shape index (κ1) is 24.5. The van der Waals surface area contributed by atoms with Gasteiger partial charge in [0.25, 0.3) is 0 Å². The Bertz CT molecular complexity index is 891. The van der Waals surface area contributed by atoms with Crippen LogP contribution in [-0.4, -0.2) is 36.8 Å². The average molecular weight is 458 g/mol. The molecule has 0 amide bonds. The van der Waals surface area contributed by atoms with E-state index >= 15 is 0 Å². The Morgan fingerprint density at radius 1 is 0.806 bits per heavy atom. The Hall–Kier alpha value is -2.72. The van der Waals surface area contributed by atoms with Gasteiger partial charge < -0.3 is 4.74 Å². The van der Waals surface area contributed by atoms with E-state index in [4.69, 9.17) is 4.74 Å². The smallest absolute Gasteiger partial charge is 0.460 e. The van der Waals surface area contributed by atoms with Gasteiger partial charge in [-0.05, 0) is 17.7 Å². The Morgan fingerprint density at radius 2 is 1.32 bits per heavy atom. The molecular weight excluding hydrogens is 443 g/mol. The second kappa shape index (κ2) is 8.43. The van der Waals surface area contributed by atoms with Crippen molar-refractivity contribution in [3.8, 4) is 5.75 Å². The highest BCUT2D eigenvalue weighted by Gasteiger charge is 2.81. The molecule has 0 aromatic heterocycles. The molecule has 2 aromatic rings. The molecule has 0 bridgehead atoms. The summed E-state index contributed by atoms with van der Waals surface area (Å²) in [6, 6.07) is 11.0. The third-order valence-corrected chi connectivity index (χ3v) is 4.56. The number of carbonyl (C=O) groups is 1. The number of methoxy groups -OCH3 is 1. The number of benzene rings is 2. The summed E-state index contributed by atoms with van der Waals surface area (Å²) < 4.78 is 125. The molecular formula is C20H15F9O2. The molecule has 0 saturated heterocycles. The second-order valence-corrected chi connectivity index (χ2v) is 6.61. The SMILES string of the molecule is COc1ccc(C(CC(F)(F)C(F)(F)C(F)(F)C(F)(F)F)C(=O)c2ccccc2)cc1. The average Bonchev–Trinajstić information content (AvgIpc) is 2.71. The zero-order chi connectivity index (χ0) is 23.7. The summed E-state index contributed by atoms with van der Waals surface area (Å²) in [5, 5.41) is 0. The minimum absolute atomic E-state index is 0.204. The van der Waals surface area contributed by atoms with Crippen molar-refractivity contribution in [1.29, 1.82) is 0 Å². The number of hydrogen-bond acceptors (Lipinski definition) is 2. The summed E-state index contributed by atoms with van der Waals surface area (Å²) in [6.07, 6.45) is -9.22. The number of Topliss-reactive ketones (excluding diaryl/α,β-unsaturated/α-hetero) is 1. The number of alkyl halides is 9. The van der Waals surface area contributed by atoms with E-state index in [-0.39, 0.29) is 16.9 Å². The summed E-state index contributed by atoms with van der Waals surface area (Å²) in [7, 11) is 1.26. The zero-order valence-electron chi connectivity index (χ0n) is 15.7. The van der Waals surface area contributed by atoms with Crippen LogP contribution in [0.3, 0.4) is 0 Å². The van der Waals surface area contributed by atoms with Crippen LogP contribution in [0.4, 0.5) is 39.5 Å². The lowest BCUT2D eigenvalue weighted by molar-refractivity contribution is -0.396. The third-order valence-electron chi connectivity index (χ3n) is 4.56. The molecule has 0 aliphatic heterocycles. The van der Waals surface area contributed by atoms with Crippen LogP contribution in [0.2, 0.25) is 0 Å². The number of rotatable bonds is 8. The highest BCUT2D eigenvalue weighted by atomic mass is 19.4. The molecule has 170 valence electrons. The summed E-state index contributed by atoms with van der Waals surface area (Å²) in [6.45, 7) is 0. The maximum absolute atomic E-state index is 14.3. The van der Waals surface area contributed by atoms with Crippen LogP contribution in [0, 0.1) is 0 Å². The predicted octanol–water partition coefficient (Wildman–Crippen LogP) is 6.52. The lowest BCUT2D eigenvalue weighted by Crippen LogP contribution is -2.61. The normalized spacial score (nSPS) is 14.3. The first-order chi connectivity index (χ1) is 14.2. The fraction of sp³-hybridized carbons (Fsp3) is 0.350. The highest BCUT2D eigenvalue weighted by Crippen LogP contribution is 2.55.